The average Bonchev–Trinajstić information content (AvgIpc) is 3.26. The molecule has 0 saturated carbocycles. The average molecular weight is 494 g/mol. The van der Waals surface area contributed by atoms with Gasteiger partial charge in [0.2, 0.25) is 5.91 Å². The Labute approximate surface area is 204 Å². The SMILES string of the molecule is CC(=O)N1N=C(c2c(-c3ccccc3)c3cc(Cl)ccc3[nH]c2=O)CC1c1ccc(F)c(Cl)c1. The molecule has 0 saturated heterocycles. The molecule has 4 aromatic rings. The number of fused-ring (bicyclic) bond motifs is 1. The van der Waals surface area contributed by atoms with Crippen LogP contribution in [0.25, 0.3) is 22.0 Å². The minimum atomic E-state index is -0.548. The van der Waals surface area contributed by atoms with E-state index in [1.165, 1.54) is 24.1 Å². The molecule has 2 heterocycles. The van der Waals surface area contributed by atoms with Crippen LogP contribution in [-0.2, 0) is 4.79 Å². The van der Waals surface area contributed by atoms with Crippen LogP contribution in [-0.4, -0.2) is 21.6 Å². The lowest BCUT2D eigenvalue weighted by Gasteiger charge is -2.20. The molecule has 5 nitrogen and oxygen atoms in total. The van der Waals surface area contributed by atoms with Crippen LogP contribution < -0.4 is 5.56 Å². The Kier molecular flexibility index (Phi) is 5.71. The molecule has 1 unspecified atom stereocenters. The third-order valence-electron chi connectivity index (χ3n) is 5.89. The van der Waals surface area contributed by atoms with Crippen LogP contribution in [0.5, 0.6) is 0 Å². The van der Waals surface area contributed by atoms with Gasteiger partial charge in [-0.15, -0.1) is 0 Å². The number of aromatic nitrogens is 1. The van der Waals surface area contributed by atoms with Crippen molar-refractivity contribution in [1.82, 2.24) is 9.99 Å². The zero-order valence-electron chi connectivity index (χ0n) is 18.0. The number of nitrogens with one attached hydrogen (secondary N) is 1. The van der Waals surface area contributed by atoms with Crippen LogP contribution in [0.3, 0.4) is 0 Å². The van der Waals surface area contributed by atoms with Gasteiger partial charge in [-0.3, -0.25) is 9.59 Å². The fraction of sp³-hybridized carbons (Fsp3) is 0.115. The molecule has 170 valence electrons. The van der Waals surface area contributed by atoms with Crippen molar-refractivity contribution < 1.29 is 9.18 Å². The highest BCUT2D eigenvalue weighted by Gasteiger charge is 2.34. The predicted molar refractivity (Wildman–Crippen MR) is 133 cm³/mol. The number of hydrazone groups is 1. The molecule has 5 rings (SSSR count). The van der Waals surface area contributed by atoms with Crippen LogP contribution in [0.1, 0.15) is 30.5 Å². The molecule has 0 bridgehead atoms. The van der Waals surface area contributed by atoms with Crippen LogP contribution in [0, 0.1) is 5.82 Å². The van der Waals surface area contributed by atoms with E-state index >= 15 is 0 Å². The number of benzene rings is 3. The Bertz CT molecular complexity index is 1530. The molecule has 1 aromatic heterocycles. The summed E-state index contributed by atoms with van der Waals surface area (Å²) in [6.07, 6.45) is 0.260. The molecule has 1 aliphatic rings. The topological polar surface area (TPSA) is 65.5 Å². The fourth-order valence-corrected chi connectivity index (χ4v) is 4.74. The summed E-state index contributed by atoms with van der Waals surface area (Å²) in [4.78, 5) is 28.8. The van der Waals surface area contributed by atoms with Crippen molar-refractivity contribution in [2.75, 3.05) is 0 Å². The lowest BCUT2D eigenvalue weighted by atomic mass is 9.91. The number of aromatic amines is 1. The first-order chi connectivity index (χ1) is 16.3. The first-order valence-electron chi connectivity index (χ1n) is 10.6. The number of carbonyl (C=O) groups excluding carboxylic acids is 1. The quantitative estimate of drug-likeness (QED) is 0.361. The number of hydrogen-bond acceptors (Lipinski definition) is 3. The van der Waals surface area contributed by atoms with Crippen LogP contribution in [0.15, 0.2) is 76.6 Å². The standard InChI is InChI=1S/C26H18Cl2FN3O2/c1-14(33)32-23(16-7-9-20(29)19(28)11-16)13-22(31-32)25-24(15-5-3-2-4-6-15)18-12-17(27)8-10-21(18)30-26(25)34/h2-12,23H,13H2,1H3,(H,30,34). The van der Waals surface area contributed by atoms with E-state index in [2.05, 4.69) is 10.1 Å². The number of H-pyrrole nitrogens is 1. The van der Waals surface area contributed by atoms with E-state index in [0.29, 0.717) is 32.9 Å². The van der Waals surface area contributed by atoms with Crippen LogP contribution in [0.4, 0.5) is 4.39 Å². The second-order valence-electron chi connectivity index (χ2n) is 8.06. The maximum Gasteiger partial charge on any atom is 0.258 e. The van der Waals surface area contributed by atoms with Gasteiger partial charge >= 0.3 is 0 Å². The molecule has 3 aromatic carbocycles. The summed E-state index contributed by atoms with van der Waals surface area (Å²) in [7, 11) is 0. The third-order valence-corrected chi connectivity index (χ3v) is 6.41. The summed E-state index contributed by atoms with van der Waals surface area (Å²) >= 11 is 12.3. The maximum atomic E-state index is 13.8. The van der Waals surface area contributed by atoms with E-state index < -0.39 is 11.9 Å². The number of amides is 1. The van der Waals surface area contributed by atoms with Crippen LogP contribution in [0.2, 0.25) is 10.0 Å². The Balaban J connectivity index is 1.73. The van der Waals surface area contributed by atoms with Crippen molar-refractivity contribution >= 4 is 45.7 Å². The summed E-state index contributed by atoms with van der Waals surface area (Å²) < 4.78 is 13.8. The fourth-order valence-electron chi connectivity index (χ4n) is 4.38. The molecule has 8 heteroatoms. The Morgan fingerprint density at radius 1 is 1.06 bits per heavy atom. The largest absolute Gasteiger partial charge is 0.321 e. The number of hydrogen-bond donors (Lipinski definition) is 1. The van der Waals surface area contributed by atoms with Gasteiger partial charge in [-0.1, -0.05) is 59.6 Å². The number of pyridine rings is 1. The summed E-state index contributed by atoms with van der Waals surface area (Å²) in [6, 6.07) is 18.6. The predicted octanol–water partition coefficient (Wildman–Crippen LogP) is 6.34. The summed E-state index contributed by atoms with van der Waals surface area (Å²) in [5.74, 6) is -0.852. The Morgan fingerprint density at radius 2 is 1.82 bits per heavy atom. The lowest BCUT2D eigenvalue weighted by molar-refractivity contribution is -0.130. The highest BCUT2D eigenvalue weighted by molar-refractivity contribution is 6.31. The number of carbonyl (C=O) groups is 1. The minimum Gasteiger partial charge on any atom is -0.321 e. The van der Waals surface area contributed by atoms with Gasteiger partial charge in [-0.25, -0.2) is 9.40 Å². The maximum absolute atomic E-state index is 13.8. The normalized spacial score (nSPS) is 15.6. The molecule has 1 N–H and O–H groups in total. The van der Waals surface area contributed by atoms with Gasteiger partial charge in [-0.05, 0) is 41.5 Å². The van der Waals surface area contributed by atoms with E-state index in [-0.39, 0.29) is 22.9 Å². The molecule has 0 aliphatic carbocycles. The van der Waals surface area contributed by atoms with Crippen molar-refractivity contribution in [1.29, 1.82) is 0 Å². The van der Waals surface area contributed by atoms with Crippen molar-refractivity contribution in [2.45, 2.75) is 19.4 Å². The van der Waals surface area contributed by atoms with Gasteiger partial charge in [0.25, 0.3) is 5.56 Å². The Morgan fingerprint density at radius 3 is 2.53 bits per heavy atom. The highest BCUT2D eigenvalue weighted by Crippen LogP contribution is 2.38. The van der Waals surface area contributed by atoms with Crippen molar-refractivity contribution in [3.63, 3.8) is 0 Å². The first kappa shape index (κ1) is 22.3. The van der Waals surface area contributed by atoms with Crippen LogP contribution >= 0.6 is 23.2 Å². The van der Waals surface area contributed by atoms with E-state index in [0.717, 1.165) is 10.9 Å². The van der Waals surface area contributed by atoms with E-state index in [1.807, 2.05) is 30.3 Å². The Hall–Kier alpha value is -3.48. The minimum absolute atomic E-state index is 0.0439. The van der Waals surface area contributed by atoms with Gasteiger partial charge < -0.3 is 4.98 Å². The monoisotopic (exact) mass is 493 g/mol. The summed E-state index contributed by atoms with van der Waals surface area (Å²) in [5, 5.41) is 7.12. The van der Waals surface area contributed by atoms with Gasteiger partial charge in [0.15, 0.2) is 0 Å². The van der Waals surface area contributed by atoms with E-state index in [9.17, 15) is 14.0 Å². The van der Waals surface area contributed by atoms with Gasteiger partial charge in [0.05, 0.1) is 22.3 Å². The van der Waals surface area contributed by atoms with Crippen molar-refractivity contribution in [3.05, 3.63) is 104 Å². The smallest absolute Gasteiger partial charge is 0.258 e. The number of rotatable bonds is 3. The molecule has 0 radical (unpaired) electrons. The third kappa shape index (κ3) is 3.89. The molecule has 1 atom stereocenters. The van der Waals surface area contributed by atoms with E-state index in [1.54, 1.807) is 24.3 Å². The first-order valence-corrected chi connectivity index (χ1v) is 11.3. The number of halogens is 3. The molecule has 1 amide bonds. The summed E-state index contributed by atoms with van der Waals surface area (Å²) in [5.41, 5.74) is 3.25. The number of nitrogens with zero attached hydrogens (tertiary/aromatic N) is 2. The molecule has 1 aliphatic heterocycles. The summed E-state index contributed by atoms with van der Waals surface area (Å²) in [6.45, 7) is 1.40. The zero-order chi connectivity index (χ0) is 24.0. The molecule has 0 fully saturated rings. The second kappa shape index (κ2) is 8.70. The lowest BCUT2D eigenvalue weighted by Crippen LogP contribution is -2.24. The van der Waals surface area contributed by atoms with Crippen molar-refractivity contribution in [2.24, 2.45) is 5.10 Å². The molecule has 34 heavy (non-hydrogen) atoms. The zero-order valence-corrected chi connectivity index (χ0v) is 19.5. The molecule has 0 spiro atoms. The van der Waals surface area contributed by atoms with Gasteiger partial charge in [0, 0.05) is 34.8 Å². The molecular formula is C26H18Cl2FN3O2. The highest BCUT2D eigenvalue weighted by atomic mass is 35.5. The van der Waals surface area contributed by atoms with Gasteiger partial charge in [-0.2, -0.15) is 5.10 Å². The van der Waals surface area contributed by atoms with Crippen molar-refractivity contribution in [3.8, 4) is 11.1 Å². The van der Waals surface area contributed by atoms with E-state index in [4.69, 9.17) is 23.2 Å². The second-order valence-corrected chi connectivity index (χ2v) is 8.91. The van der Waals surface area contributed by atoms with Gasteiger partial charge in [0.1, 0.15) is 5.82 Å². The molecular weight excluding hydrogens is 476 g/mol.